The Labute approximate surface area is 262 Å². The predicted octanol–water partition coefficient (Wildman–Crippen LogP) is 6.44. The number of alkyl halides is 3. The highest BCUT2D eigenvalue weighted by molar-refractivity contribution is 6.30. The topological polar surface area (TPSA) is 154 Å². The van der Waals surface area contributed by atoms with Crippen LogP contribution in [-0.2, 0) is 9.53 Å². The van der Waals surface area contributed by atoms with Crippen LogP contribution in [0.25, 0.3) is 11.3 Å². The van der Waals surface area contributed by atoms with Crippen LogP contribution < -0.4 is 15.8 Å². The molecule has 242 valence electrons. The molecule has 2 heterocycles. The molecule has 45 heavy (non-hydrogen) atoms. The number of nitrogens with zero attached hydrogens (tertiary/aromatic N) is 4. The lowest BCUT2D eigenvalue weighted by atomic mass is 9.84. The van der Waals surface area contributed by atoms with Crippen molar-refractivity contribution in [1.29, 1.82) is 0 Å². The molecule has 0 bridgehead atoms. The fraction of sp³-hybridized carbons (Fsp3) is 0.433. The number of alkyl carbamates (subject to hydrolysis) is 1. The molecule has 3 atom stereocenters. The summed E-state index contributed by atoms with van der Waals surface area (Å²) in [5.74, 6) is -1.94. The molecule has 0 radical (unpaired) electrons. The maximum Gasteiger partial charge on any atom is 0.429 e. The molecule has 1 aromatic carbocycles. The molecule has 3 aromatic rings. The van der Waals surface area contributed by atoms with Crippen molar-refractivity contribution >= 4 is 35.2 Å². The first-order valence-corrected chi connectivity index (χ1v) is 14.5. The fourth-order valence-electron chi connectivity index (χ4n) is 4.92. The number of ether oxygens (including phenoxy) is 2. The van der Waals surface area contributed by atoms with Crippen molar-refractivity contribution in [2.45, 2.75) is 77.3 Å². The number of halogens is 4. The molecule has 0 spiro atoms. The summed E-state index contributed by atoms with van der Waals surface area (Å²) in [4.78, 5) is 32.0. The van der Waals surface area contributed by atoms with E-state index in [9.17, 15) is 27.9 Å². The molecule has 0 saturated heterocycles. The highest BCUT2D eigenvalue weighted by Gasteiger charge is 2.45. The number of hydrogen-bond acceptors (Lipinski definition) is 8. The normalized spacial score (nSPS) is 16.8. The van der Waals surface area contributed by atoms with Gasteiger partial charge in [0.15, 0.2) is 0 Å². The second-order valence-corrected chi connectivity index (χ2v) is 12.2. The number of carbonyl (C=O) groups excluding carboxylic acids is 1. The first-order chi connectivity index (χ1) is 21.0. The molecule has 0 fully saturated rings. The molecule has 1 aliphatic carbocycles. The summed E-state index contributed by atoms with van der Waals surface area (Å²) in [6, 6.07) is 5.71. The molecular formula is C30H34ClF3N6O5. The largest absolute Gasteiger partial charge is 0.480 e. The van der Waals surface area contributed by atoms with Gasteiger partial charge in [-0.3, -0.25) is 0 Å². The SMILES string of the molecule is Cc1ccn(-c2cc(Cl)ccc2[C@@H](Oc2cc(C3=CCC(C[C@H](NC(=O)OC(C)(C)C)C(=O)O)CC3)nc(N)n2)C(F)(F)F)n1. The summed E-state index contributed by atoms with van der Waals surface area (Å²) >= 11 is 6.12. The van der Waals surface area contributed by atoms with Crippen LogP contribution >= 0.6 is 11.6 Å². The summed E-state index contributed by atoms with van der Waals surface area (Å²) in [6.07, 6.45) is -3.20. The van der Waals surface area contributed by atoms with Crippen LogP contribution in [-0.4, -0.2) is 54.7 Å². The van der Waals surface area contributed by atoms with Gasteiger partial charge in [-0.15, -0.1) is 0 Å². The van der Waals surface area contributed by atoms with Crippen LogP contribution in [0, 0.1) is 12.8 Å². The van der Waals surface area contributed by atoms with Gasteiger partial charge in [0.25, 0.3) is 0 Å². The lowest BCUT2D eigenvalue weighted by molar-refractivity contribution is -0.198. The Balaban J connectivity index is 1.54. The minimum absolute atomic E-state index is 0.0852. The first-order valence-electron chi connectivity index (χ1n) is 14.1. The van der Waals surface area contributed by atoms with Gasteiger partial charge in [0.05, 0.1) is 17.1 Å². The minimum Gasteiger partial charge on any atom is -0.480 e. The number of carbonyl (C=O) groups is 2. The number of aromatic nitrogens is 4. The second kappa shape index (κ2) is 13.3. The van der Waals surface area contributed by atoms with E-state index in [1.54, 1.807) is 33.8 Å². The number of aliphatic carboxylic acids is 1. The monoisotopic (exact) mass is 650 g/mol. The average molecular weight is 651 g/mol. The Kier molecular flexibility index (Phi) is 9.95. The maximum absolute atomic E-state index is 14.5. The van der Waals surface area contributed by atoms with E-state index in [2.05, 4.69) is 20.4 Å². The van der Waals surface area contributed by atoms with Crippen molar-refractivity contribution in [3.05, 3.63) is 64.6 Å². The van der Waals surface area contributed by atoms with Gasteiger partial charge >= 0.3 is 18.2 Å². The van der Waals surface area contributed by atoms with Crippen LogP contribution in [0.1, 0.15) is 69.5 Å². The molecule has 1 amide bonds. The molecular weight excluding hydrogens is 617 g/mol. The molecule has 0 aliphatic heterocycles. The summed E-state index contributed by atoms with van der Waals surface area (Å²) < 4.78 is 55.3. The number of rotatable bonds is 9. The van der Waals surface area contributed by atoms with Gasteiger partial charge in [0.1, 0.15) is 11.6 Å². The van der Waals surface area contributed by atoms with E-state index in [-0.39, 0.29) is 46.1 Å². The number of anilines is 1. The molecule has 4 N–H and O–H groups in total. The quantitative estimate of drug-likeness (QED) is 0.237. The lowest BCUT2D eigenvalue weighted by Crippen LogP contribution is -2.44. The number of allylic oxidation sites excluding steroid dienone is 2. The van der Waals surface area contributed by atoms with Crippen molar-refractivity contribution in [2.75, 3.05) is 5.73 Å². The molecule has 2 aromatic heterocycles. The van der Waals surface area contributed by atoms with Crippen LogP contribution in [0.4, 0.5) is 23.9 Å². The predicted molar refractivity (Wildman–Crippen MR) is 160 cm³/mol. The molecule has 1 aliphatic rings. The Morgan fingerprint density at radius 2 is 1.93 bits per heavy atom. The summed E-state index contributed by atoms with van der Waals surface area (Å²) in [5.41, 5.74) is 6.54. The third-order valence-corrected chi connectivity index (χ3v) is 7.14. The Hall–Kier alpha value is -4.33. The van der Waals surface area contributed by atoms with Crippen LogP contribution in [0.2, 0.25) is 5.02 Å². The minimum atomic E-state index is -4.85. The lowest BCUT2D eigenvalue weighted by Gasteiger charge is -2.26. The molecule has 11 nitrogen and oxygen atoms in total. The first kappa shape index (κ1) is 33.6. The molecule has 1 unspecified atom stereocenters. The van der Waals surface area contributed by atoms with Crippen LogP contribution in [0.5, 0.6) is 5.88 Å². The maximum atomic E-state index is 14.5. The fourth-order valence-corrected chi connectivity index (χ4v) is 5.09. The molecule has 0 saturated carbocycles. The van der Waals surface area contributed by atoms with Gasteiger partial charge < -0.3 is 25.6 Å². The number of nitrogen functional groups attached to an aromatic ring is 1. The summed E-state index contributed by atoms with van der Waals surface area (Å²) in [6.45, 7) is 6.72. The van der Waals surface area contributed by atoms with Crippen LogP contribution in [0.15, 0.2) is 42.6 Å². The number of carboxylic acid groups (broad SMARTS) is 1. The average Bonchev–Trinajstić information content (AvgIpc) is 3.36. The van der Waals surface area contributed by atoms with Gasteiger partial charge in [-0.25, -0.2) is 19.3 Å². The third kappa shape index (κ3) is 9.10. The number of nitrogens with one attached hydrogen (secondary N) is 1. The van der Waals surface area contributed by atoms with E-state index in [0.717, 1.165) is 0 Å². The number of nitrogens with two attached hydrogens (primary N) is 1. The van der Waals surface area contributed by atoms with Crippen molar-refractivity contribution in [3.63, 3.8) is 0 Å². The summed E-state index contributed by atoms with van der Waals surface area (Å²) in [7, 11) is 0. The second-order valence-electron chi connectivity index (χ2n) is 11.7. The van der Waals surface area contributed by atoms with Crippen molar-refractivity contribution < 1.29 is 37.3 Å². The van der Waals surface area contributed by atoms with Gasteiger partial charge in [-0.1, -0.05) is 23.7 Å². The Morgan fingerprint density at radius 3 is 2.51 bits per heavy atom. The van der Waals surface area contributed by atoms with E-state index in [1.807, 2.05) is 6.08 Å². The Bertz CT molecular complexity index is 1590. The van der Waals surface area contributed by atoms with E-state index in [1.165, 1.54) is 35.1 Å². The summed E-state index contributed by atoms with van der Waals surface area (Å²) in [5, 5.41) is 16.5. The zero-order valence-corrected chi connectivity index (χ0v) is 25.8. The Morgan fingerprint density at radius 1 is 1.20 bits per heavy atom. The van der Waals surface area contributed by atoms with Gasteiger partial charge in [0, 0.05) is 22.8 Å². The van der Waals surface area contributed by atoms with Gasteiger partial charge in [0.2, 0.25) is 17.9 Å². The zero-order valence-electron chi connectivity index (χ0n) is 25.1. The highest BCUT2D eigenvalue weighted by atomic mass is 35.5. The number of amides is 1. The van der Waals surface area contributed by atoms with E-state index >= 15 is 0 Å². The zero-order chi connectivity index (χ0) is 33.1. The molecule has 4 rings (SSSR count). The smallest absolute Gasteiger partial charge is 0.429 e. The number of hydrogen-bond donors (Lipinski definition) is 3. The van der Waals surface area contributed by atoms with Crippen molar-refractivity contribution in [2.24, 2.45) is 5.92 Å². The number of benzene rings is 1. The number of aryl methyl sites for hydroxylation is 1. The van der Waals surface area contributed by atoms with Crippen molar-refractivity contribution in [3.8, 4) is 11.6 Å². The molecule has 15 heteroatoms. The highest BCUT2D eigenvalue weighted by Crippen LogP contribution is 2.40. The van der Waals surface area contributed by atoms with E-state index in [4.69, 9.17) is 26.8 Å². The van der Waals surface area contributed by atoms with Gasteiger partial charge in [-0.2, -0.15) is 23.3 Å². The standard InChI is InChI=1S/C30H34ClF3N6O5/c1-16-11-12-40(39-16)23-14-19(31)9-10-20(23)25(30(32,33)34)44-24-15-21(36-27(35)38-24)18-7-5-17(6-8-18)13-22(26(41)42)37-28(43)45-29(2,3)4/h7,9-12,14-15,17,22,25H,5-6,8,13H2,1-4H3,(H,37,43)(H,41,42)(H2,35,36,38)/t17?,22-,25+/m0/s1. The van der Waals surface area contributed by atoms with E-state index < -0.39 is 36.0 Å². The number of carboxylic acids is 1. The third-order valence-electron chi connectivity index (χ3n) is 6.91. The van der Waals surface area contributed by atoms with Crippen molar-refractivity contribution in [1.82, 2.24) is 25.1 Å². The van der Waals surface area contributed by atoms with Gasteiger partial charge in [-0.05, 0) is 83.1 Å². The van der Waals surface area contributed by atoms with Crippen LogP contribution in [0.3, 0.4) is 0 Å². The van der Waals surface area contributed by atoms with E-state index in [0.29, 0.717) is 30.5 Å².